The smallest absolute Gasteiger partial charge is 0.127 e. The zero-order chi connectivity index (χ0) is 13.8. The molecule has 0 heterocycles. The lowest BCUT2D eigenvalue weighted by atomic mass is 10.1. The normalized spacial score (nSPS) is 12.2. The molecule has 1 atom stereocenters. The Balaban J connectivity index is 2.12. The maximum absolute atomic E-state index is 5.99. The molecule has 1 unspecified atom stereocenters. The van der Waals surface area contributed by atoms with Crippen LogP contribution in [0.1, 0.15) is 30.5 Å². The predicted molar refractivity (Wildman–Crippen MR) is 79.9 cm³/mol. The topological polar surface area (TPSA) is 35.2 Å². The Bertz CT molecular complexity index is 551. The van der Waals surface area contributed by atoms with Crippen molar-refractivity contribution in [3.63, 3.8) is 0 Å². The molecule has 0 aliphatic carbocycles. The zero-order valence-corrected chi connectivity index (χ0v) is 11.9. The molecular weight excluding hydrogens is 258 g/mol. The van der Waals surface area contributed by atoms with E-state index in [0.717, 1.165) is 34.1 Å². The Kier molecular flexibility index (Phi) is 4.46. The molecule has 0 radical (unpaired) electrons. The SMILES string of the molecule is CCC(N)c1ccc(Oc2ccc(Cl)c(C)c2)cc1. The summed E-state index contributed by atoms with van der Waals surface area (Å²) in [4.78, 5) is 0. The van der Waals surface area contributed by atoms with Crippen LogP contribution in [0.3, 0.4) is 0 Å². The Hall–Kier alpha value is -1.51. The largest absolute Gasteiger partial charge is 0.457 e. The molecule has 0 spiro atoms. The lowest BCUT2D eigenvalue weighted by molar-refractivity contribution is 0.482. The minimum Gasteiger partial charge on any atom is -0.457 e. The van der Waals surface area contributed by atoms with Gasteiger partial charge in [0.25, 0.3) is 0 Å². The molecule has 2 aromatic carbocycles. The molecule has 2 nitrogen and oxygen atoms in total. The van der Waals surface area contributed by atoms with Crippen LogP contribution in [0.2, 0.25) is 5.02 Å². The molecular formula is C16H18ClNO. The molecule has 0 amide bonds. The molecule has 2 aromatic rings. The third-order valence-electron chi connectivity index (χ3n) is 3.11. The van der Waals surface area contributed by atoms with Gasteiger partial charge in [-0.3, -0.25) is 0 Å². The van der Waals surface area contributed by atoms with Gasteiger partial charge in [-0.25, -0.2) is 0 Å². The zero-order valence-electron chi connectivity index (χ0n) is 11.2. The molecule has 0 aliphatic heterocycles. The van der Waals surface area contributed by atoms with Crippen LogP contribution >= 0.6 is 11.6 Å². The minimum absolute atomic E-state index is 0.0897. The Morgan fingerprint density at radius 3 is 2.32 bits per heavy atom. The molecule has 0 aromatic heterocycles. The van der Waals surface area contributed by atoms with Crippen molar-refractivity contribution in [1.82, 2.24) is 0 Å². The third-order valence-corrected chi connectivity index (χ3v) is 3.54. The van der Waals surface area contributed by atoms with E-state index in [9.17, 15) is 0 Å². The van der Waals surface area contributed by atoms with Gasteiger partial charge in [-0.05, 0) is 54.8 Å². The first-order chi connectivity index (χ1) is 9.10. The van der Waals surface area contributed by atoms with Crippen molar-refractivity contribution in [2.24, 2.45) is 5.73 Å². The summed E-state index contributed by atoms with van der Waals surface area (Å²) in [6, 6.07) is 13.6. The van der Waals surface area contributed by atoms with Crippen molar-refractivity contribution >= 4 is 11.6 Å². The summed E-state index contributed by atoms with van der Waals surface area (Å²) in [5.74, 6) is 1.59. The van der Waals surface area contributed by atoms with Crippen LogP contribution < -0.4 is 10.5 Å². The standard InChI is InChI=1S/C16H18ClNO/c1-3-16(18)12-4-6-13(7-5-12)19-14-8-9-15(17)11(2)10-14/h4-10,16H,3,18H2,1-2H3. The molecule has 0 saturated heterocycles. The fourth-order valence-corrected chi connectivity index (χ4v) is 1.95. The summed E-state index contributed by atoms with van der Waals surface area (Å²) >= 11 is 5.99. The van der Waals surface area contributed by atoms with Crippen molar-refractivity contribution in [2.45, 2.75) is 26.3 Å². The molecule has 2 rings (SSSR count). The molecule has 0 fully saturated rings. The highest BCUT2D eigenvalue weighted by Gasteiger charge is 2.04. The Morgan fingerprint density at radius 1 is 1.11 bits per heavy atom. The first kappa shape index (κ1) is 13.9. The van der Waals surface area contributed by atoms with Gasteiger partial charge in [0.2, 0.25) is 0 Å². The second kappa shape index (κ2) is 6.09. The Morgan fingerprint density at radius 2 is 1.74 bits per heavy atom. The quantitative estimate of drug-likeness (QED) is 0.866. The lowest BCUT2D eigenvalue weighted by Gasteiger charge is -2.11. The molecule has 0 saturated carbocycles. The van der Waals surface area contributed by atoms with Gasteiger partial charge < -0.3 is 10.5 Å². The third kappa shape index (κ3) is 3.49. The van der Waals surface area contributed by atoms with Crippen molar-refractivity contribution in [1.29, 1.82) is 0 Å². The van der Waals surface area contributed by atoms with Gasteiger partial charge in [0.05, 0.1) is 0 Å². The number of ether oxygens (including phenoxy) is 1. The van der Waals surface area contributed by atoms with E-state index in [-0.39, 0.29) is 6.04 Å². The summed E-state index contributed by atoms with van der Waals surface area (Å²) in [6.45, 7) is 4.03. The minimum atomic E-state index is 0.0897. The number of rotatable bonds is 4. The van der Waals surface area contributed by atoms with Crippen LogP contribution in [0.15, 0.2) is 42.5 Å². The Labute approximate surface area is 119 Å². The summed E-state index contributed by atoms with van der Waals surface area (Å²) in [6.07, 6.45) is 0.927. The second-order valence-corrected chi connectivity index (χ2v) is 5.00. The van der Waals surface area contributed by atoms with Gasteiger partial charge in [0.15, 0.2) is 0 Å². The fraction of sp³-hybridized carbons (Fsp3) is 0.250. The molecule has 19 heavy (non-hydrogen) atoms. The highest BCUT2D eigenvalue weighted by molar-refractivity contribution is 6.31. The van der Waals surface area contributed by atoms with E-state index in [1.54, 1.807) is 0 Å². The summed E-state index contributed by atoms with van der Waals surface area (Å²) in [5.41, 5.74) is 8.11. The average Bonchev–Trinajstić information content (AvgIpc) is 2.43. The first-order valence-corrected chi connectivity index (χ1v) is 6.77. The summed E-state index contributed by atoms with van der Waals surface area (Å²) in [5, 5.41) is 0.747. The van der Waals surface area contributed by atoms with Crippen LogP contribution in [-0.2, 0) is 0 Å². The van der Waals surface area contributed by atoms with Crippen LogP contribution in [-0.4, -0.2) is 0 Å². The molecule has 0 bridgehead atoms. The van der Waals surface area contributed by atoms with E-state index in [4.69, 9.17) is 22.1 Å². The summed E-state index contributed by atoms with van der Waals surface area (Å²) < 4.78 is 5.78. The number of aryl methyl sites for hydroxylation is 1. The predicted octanol–water partition coefficient (Wildman–Crippen LogP) is 4.85. The van der Waals surface area contributed by atoms with Gasteiger partial charge >= 0.3 is 0 Å². The van der Waals surface area contributed by atoms with Gasteiger partial charge in [-0.2, -0.15) is 0 Å². The number of hydrogen-bond donors (Lipinski definition) is 1. The summed E-state index contributed by atoms with van der Waals surface area (Å²) in [7, 11) is 0. The highest BCUT2D eigenvalue weighted by atomic mass is 35.5. The van der Waals surface area contributed by atoms with Crippen LogP contribution in [0.4, 0.5) is 0 Å². The molecule has 100 valence electrons. The van der Waals surface area contributed by atoms with Crippen molar-refractivity contribution in [3.05, 3.63) is 58.6 Å². The van der Waals surface area contributed by atoms with Crippen molar-refractivity contribution in [2.75, 3.05) is 0 Å². The number of nitrogens with two attached hydrogens (primary N) is 1. The van der Waals surface area contributed by atoms with Crippen LogP contribution in [0, 0.1) is 6.92 Å². The fourth-order valence-electron chi connectivity index (χ4n) is 1.84. The molecule has 2 N–H and O–H groups in total. The van der Waals surface area contributed by atoms with E-state index in [1.165, 1.54) is 0 Å². The van der Waals surface area contributed by atoms with Gasteiger partial charge in [0, 0.05) is 11.1 Å². The van der Waals surface area contributed by atoms with Crippen molar-refractivity contribution < 1.29 is 4.74 Å². The van der Waals surface area contributed by atoms with Crippen molar-refractivity contribution in [3.8, 4) is 11.5 Å². The molecule has 3 heteroatoms. The van der Waals surface area contributed by atoms with Crippen LogP contribution in [0.5, 0.6) is 11.5 Å². The van der Waals surface area contributed by atoms with Gasteiger partial charge in [0.1, 0.15) is 11.5 Å². The van der Waals surface area contributed by atoms with E-state index in [0.29, 0.717) is 0 Å². The first-order valence-electron chi connectivity index (χ1n) is 6.39. The monoisotopic (exact) mass is 275 g/mol. The average molecular weight is 276 g/mol. The van der Waals surface area contributed by atoms with E-state index in [1.807, 2.05) is 49.4 Å². The number of benzene rings is 2. The molecule has 0 aliphatic rings. The van der Waals surface area contributed by atoms with Crippen LogP contribution in [0.25, 0.3) is 0 Å². The highest BCUT2D eigenvalue weighted by Crippen LogP contribution is 2.26. The number of hydrogen-bond acceptors (Lipinski definition) is 2. The van der Waals surface area contributed by atoms with E-state index in [2.05, 4.69) is 6.92 Å². The maximum atomic E-state index is 5.99. The lowest BCUT2D eigenvalue weighted by Crippen LogP contribution is -2.07. The van der Waals surface area contributed by atoms with E-state index < -0.39 is 0 Å². The van der Waals surface area contributed by atoms with Gasteiger partial charge in [-0.15, -0.1) is 0 Å². The maximum Gasteiger partial charge on any atom is 0.127 e. The number of halogens is 1. The second-order valence-electron chi connectivity index (χ2n) is 4.60. The van der Waals surface area contributed by atoms with Gasteiger partial charge in [-0.1, -0.05) is 30.7 Å². The van der Waals surface area contributed by atoms with E-state index >= 15 is 0 Å².